The summed E-state index contributed by atoms with van der Waals surface area (Å²) in [4.78, 5) is 7.99. The molecule has 254 valence electrons. The topological polar surface area (TPSA) is 66.2 Å². The van der Waals surface area contributed by atoms with E-state index in [9.17, 15) is 0 Å². The lowest BCUT2D eigenvalue weighted by molar-refractivity contribution is 0.232. The summed E-state index contributed by atoms with van der Waals surface area (Å²) in [6.45, 7) is 28.0. The molecule has 3 rings (SSSR count). The Morgan fingerprint density at radius 2 is 1.64 bits per heavy atom. The highest BCUT2D eigenvalue weighted by molar-refractivity contribution is 7.13. The molecular formula is C39H67N5S. The Balaban J connectivity index is 0.000000340. The van der Waals surface area contributed by atoms with Crippen molar-refractivity contribution in [2.45, 2.75) is 124 Å². The number of nitrogens with zero attached hydrogens (tertiary/aromatic N) is 2. The maximum atomic E-state index is 5.41. The minimum Gasteiger partial charge on any atom is -0.387 e. The van der Waals surface area contributed by atoms with Crippen molar-refractivity contribution in [3.63, 3.8) is 0 Å². The van der Waals surface area contributed by atoms with Gasteiger partial charge in [-0.05, 0) is 81.8 Å². The molecule has 1 fully saturated rings. The molecule has 0 saturated carbocycles. The van der Waals surface area contributed by atoms with Crippen LogP contribution in [0.1, 0.15) is 110 Å². The number of likely N-dealkylation sites (N-methyl/N-ethyl adjacent to an activating group) is 1. The smallest absolute Gasteiger partial charge is 0.0801 e. The van der Waals surface area contributed by atoms with Crippen molar-refractivity contribution in [1.29, 1.82) is 0 Å². The van der Waals surface area contributed by atoms with Gasteiger partial charge in [-0.1, -0.05) is 110 Å². The lowest BCUT2D eigenvalue weighted by Gasteiger charge is -2.38. The number of nitrogens with two attached hydrogens (primary N) is 1. The summed E-state index contributed by atoms with van der Waals surface area (Å²) in [7, 11) is 2.03. The number of rotatable bonds is 17. The predicted molar refractivity (Wildman–Crippen MR) is 202 cm³/mol. The molecular weight excluding hydrogens is 571 g/mol. The third-order valence-electron chi connectivity index (χ3n) is 8.42. The first-order valence-electron chi connectivity index (χ1n) is 17.3. The summed E-state index contributed by atoms with van der Waals surface area (Å²) >= 11 is 1.68. The molecule has 2 aromatic rings. The molecule has 0 amide bonds. The van der Waals surface area contributed by atoms with Gasteiger partial charge in [0.05, 0.1) is 22.1 Å². The van der Waals surface area contributed by atoms with Crippen molar-refractivity contribution < 1.29 is 0 Å². The molecule has 45 heavy (non-hydrogen) atoms. The van der Waals surface area contributed by atoms with Crippen molar-refractivity contribution in [2.75, 3.05) is 20.1 Å². The van der Waals surface area contributed by atoms with Gasteiger partial charge in [0.1, 0.15) is 0 Å². The molecule has 2 heterocycles. The number of aromatic nitrogens is 1. The summed E-state index contributed by atoms with van der Waals surface area (Å²) in [5.74, 6) is 0.796. The lowest BCUT2D eigenvalue weighted by atomic mass is 9.84. The minimum atomic E-state index is 0.220. The summed E-state index contributed by atoms with van der Waals surface area (Å²) in [6.07, 6.45) is 17.0. The highest BCUT2D eigenvalue weighted by Crippen LogP contribution is 2.32. The van der Waals surface area contributed by atoms with E-state index in [0.29, 0.717) is 12.1 Å². The molecule has 1 aliphatic heterocycles. The van der Waals surface area contributed by atoms with Crippen molar-refractivity contribution >= 4 is 11.3 Å². The lowest BCUT2D eigenvalue weighted by Crippen LogP contribution is -2.45. The van der Waals surface area contributed by atoms with E-state index < -0.39 is 0 Å². The van der Waals surface area contributed by atoms with E-state index in [1.165, 1.54) is 85.9 Å². The van der Waals surface area contributed by atoms with Gasteiger partial charge in [-0.3, -0.25) is 0 Å². The van der Waals surface area contributed by atoms with E-state index in [0.717, 1.165) is 31.2 Å². The maximum absolute atomic E-state index is 5.41. The number of nitrogens with one attached hydrogen (secondary N) is 2. The van der Waals surface area contributed by atoms with Gasteiger partial charge in [0.2, 0.25) is 0 Å². The number of benzene rings is 1. The molecule has 1 aromatic heterocycles. The fraction of sp³-hybridized carbons (Fsp3) is 0.615. The Morgan fingerprint density at radius 1 is 1.04 bits per heavy atom. The highest BCUT2D eigenvalue weighted by atomic mass is 32.1. The summed E-state index contributed by atoms with van der Waals surface area (Å²) in [5.41, 5.74) is 12.4. The Morgan fingerprint density at radius 3 is 2.09 bits per heavy atom. The molecule has 0 radical (unpaired) electrons. The van der Waals surface area contributed by atoms with Crippen LogP contribution < -0.4 is 16.4 Å². The number of hydrogen-bond donors (Lipinski definition) is 3. The van der Waals surface area contributed by atoms with E-state index in [1.807, 2.05) is 25.6 Å². The van der Waals surface area contributed by atoms with Gasteiger partial charge in [-0.25, -0.2) is 4.98 Å². The first kappa shape index (κ1) is 40.6. The van der Waals surface area contributed by atoms with E-state index >= 15 is 0 Å². The Hall–Kier alpha value is -2.41. The van der Waals surface area contributed by atoms with E-state index in [2.05, 4.69) is 99.1 Å². The predicted octanol–water partition coefficient (Wildman–Crippen LogP) is 9.86. The normalized spacial score (nSPS) is 16.6. The molecule has 4 N–H and O–H groups in total. The van der Waals surface area contributed by atoms with Gasteiger partial charge in [0.15, 0.2) is 0 Å². The van der Waals surface area contributed by atoms with Gasteiger partial charge in [0, 0.05) is 24.8 Å². The van der Waals surface area contributed by atoms with Gasteiger partial charge in [-0.2, -0.15) is 0 Å². The second-order valence-corrected chi connectivity index (χ2v) is 14.5. The fourth-order valence-corrected chi connectivity index (χ4v) is 6.81. The van der Waals surface area contributed by atoms with Crippen LogP contribution in [0.5, 0.6) is 0 Å². The van der Waals surface area contributed by atoms with E-state index in [4.69, 9.17) is 5.73 Å². The summed E-state index contributed by atoms with van der Waals surface area (Å²) < 4.78 is 0. The second-order valence-electron chi connectivity index (χ2n) is 13.7. The monoisotopic (exact) mass is 638 g/mol. The van der Waals surface area contributed by atoms with Crippen molar-refractivity contribution in [1.82, 2.24) is 20.5 Å². The summed E-state index contributed by atoms with van der Waals surface area (Å²) in [6, 6.07) is 9.54. The number of hydrogen-bond acceptors (Lipinski definition) is 6. The third kappa shape index (κ3) is 16.1. The molecule has 3 atom stereocenters. The molecule has 0 spiro atoms. The zero-order chi connectivity index (χ0) is 33.7. The van der Waals surface area contributed by atoms with Gasteiger partial charge >= 0.3 is 0 Å². The van der Waals surface area contributed by atoms with Crippen LogP contribution in [-0.4, -0.2) is 42.1 Å². The zero-order valence-corrected chi connectivity index (χ0v) is 30.8. The van der Waals surface area contributed by atoms with Crippen LogP contribution in [0.3, 0.4) is 0 Å². The number of likely N-dealkylation sites (tertiary alicyclic amines) is 1. The highest BCUT2D eigenvalue weighted by Gasteiger charge is 2.34. The largest absolute Gasteiger partial charge is 0.387 e. The molecule has 1 saturated heterocycles. The van der Waals surface area contributed by atoms with Crippen molar-refractivity contribution in [3.8, 4) is 10.4 Å². The first-order valence-corrected chi connectivity index (χ1v) is 18.1. The molecule has 6 heteroatoms. The van der Waals surface area contributed by atoms with E-state index in [1.54, 1.807) is 17.5 Å². The zero-order valence-electron chi connectivity index (χ0n) is 30.0. The average molecular weight is 638 g/mol. The molecule has 0 aliphatic carbocycles. The quantitative estimate of drug-likeness (QED) is 0.119. The van der Waals surface area contributed by atoms with Crippen LogP contribution in [0.2, 0.25) is 0 Å². The molecule has 1 unspecified atom stereocenters. The molecule has 1 aliphatic rings. The van der Waals surface area contributed by atoms with Gasteiger partial charge < -0.3 is 21.3 Å². The maximum Gasteiger partial charge on any atom is 0.0801 e. The van der Waals surface area contributed by atoms with Crippen LogP contribution in [0.25, 0.3) is 10.4 Å². The Labute approximate surface area is 281 Å². The number of allylic oxidation sites excluding steroid dienone is 1. The Bertz CT molecular complexity index is 1070. The van der Waals surface area contributed by atoms with Crippen LogP contribution in [0.15, 0.2) is 67.5 Å². The fourth-order valence-electron chi connectivity index (χ4n) is 6.00. The minimum absolute atomic E-state index is 0.220. The number of thiazole rings is 1. The molecule has 0 bridgehead atoms. The van der Waals surface area contributed by atoms with E-state index in [-0.39, 0.29) is 5.41 Å². The molecule has 5 nitrogen and oxygen atoms in total. The SMILES string of the molecule is C=C([C@@H](NC)C(C)(C)C)N1C[C@H](C)CC1C.C=CCCCCCCCCCCN.C=CNCc1ccc(-c2scnc2C)cc1. The Kier molecular flexibility index (Phi) is 20.8. The van der Waals surface area contributed by atoms with Gasteiger partial charge in [0.25, 0.3) is 0 Å². The van der Waals surface area contributed by atoms with Crippen LogP contribution in [0.4, 0.5) is 0 Å². The van der Waals surface area contributed by atoms with Crippen LogP contribution in [0, 0.1) is 18.3 Å². The first-order chi connectivity index (χ1) is 21.5. The summed E-state index contributed by atoms with van der Waals surface area (Å²) in [5, 5.41) is 6.50. The van der Waals surface area contributed by atoms with Crippen LogP contribution in [-0.2, 0) is 6.54 Å². The standard InChI is InChI=1S/C14H28N2.C13H14N2S.C12H25N/c1-10-8-11(2)16(9-10)12(3)13(15-7)14(4,5)6;1-3-14-8-11-4-6-12(7-5-11)13-10(2)15-9-16-13;1-2-3-4-5-6-7-8-9-10-11-12-13/h10-11,13,15H,3,8-9H2,1-2,4-7H3;3-7,9,14H,1,8H2,2H3;2H,1,3-13H2/t10-,11?,13-;;/m1../s1. The average Bonchev–Trinajstić information content (AvgIpc) is 3.59. The van der Waals surface area contributed by atoms with Gasteiger partial charge in [-0.15, -0.1) is 17.9 Å². The van der Waals surface area contributed by atoms with Crippen LogP contribution >= 0.6 is 11.3 Å². The van der Waals surface area contributed by atoms with Crippen molar-refractivity contribution in [2.24, 2.45) is 17.1 Å². The third-order valence-corrected chi connectivity index (χ3v) is 9.39. The number of aryl methyl sites for hydroxylation is 1. The second kappa shape index (κ2) is 23.0. The van der Waals surface area contributed by atoms with Crippen molar-refractivity contribution in [3.05, 3.63) is 78.7 Å². The number of unbranched alkanes of at least 4 members (excludes halogenated alkanes) is 8. The molecule has 1 aromatic carbocycles.